The molecule has 100 valence electrons. The van der Waals surface area contributed by atoms with E-state index in [1.807, 2.05) is 0 Å². The van der Waals surface area contributed by atoms with E-state index in [-0.39, 0.29) is 11.3 Å². The van der Waals surface area contributed by atoms with E-state index in [9.17, 15) is 23.6 Å². The van der Waals surface area contributed by atoms with Crippen LogP contribution in [0, 0.1) is 10.1 Å². The van der Waals surface area contributed by atoms with Gasteiger partial charge in [0.15, 0.2) is 9.84 Å². The maximum absolute atomic E-state index is 11.3. The monoisotopic (exact) mass is 275 g/mol. The third kappa shape index (κ3) is 3.25. The van der Waals surface area contributed by atoms with Crippen LogP contribution in [0.3, 0.4) is 0 Å². The Bertz CT molecular complexity index is 524. The second-order valence-electron chi connectivity index (χ2n) is 3.84. The smallest absolute Gasteiger partial charge is 0.269 e. The summed E-state index contributed by atoms with van der Waals surface area (Å²) in [7, 11) is -3.62. The van der Waals surface area contributed by atoms with E-state index in [0.29, 0.717) is 0 Å². The van der Waals surface area contributed by atoms with Crippen molar-refractivity contribution in [3.63, 3.8) is 0 Å². The molecule has 2 N–H and O–H groups in total. The normalized spacial score (nSPS) is 15.1. The van der Waals surface area contributed by atoms with E-state index in [2.05, 4.69) is 0 Å². The van der Waals surface area contributed by atoms with Crippen molar-refractivity contribution >= 4 is 15.5 Å². The second-order valence-corrected chi connectivity index (χ2v) is 6.11. The topological polar surface area (TPSA) is 118 Å². The van der Waals surface area contributed by atoms with Crippen LogP contribution in [0.4, 0.5) is 5.69 Å². The van der Waals surface area contributed by atoms with Crippen LogP contribution in [-0.4, -0.2) is 41.7 Å². The third-order valence-corrected chi connectivity index (χ3v) is 4.03. The Kier molecular flexibility index (Phi) is 4.38. The number of nitrogens with zero attached hydrogens (tertiary/aromatic N) is 1. The van der Waals surface area contributed by atoms with E-state index in [4.69, 9.17) is 5.11 Å². The molecule has 0 saturated heterocycles. The number of hydrogen-bond donors (Lipinski definition) is 2. The molecule has 1 aromatic rings. The minimum atomic E-state index is -3.62. The average Bonchev–Trinajstić information content (AvgIpc) is 2.28. The number of aliphatic hydroxyl groups is 2. The van der Waals surface area contributed by atoms with Gasteiger partial charge in [-0.05, 0) is 17.7 Å². The molecule has 0 saturated carbocycles. The van der Waals surface area contributed by atoms with Crippen molar-refractivity contribution in [2.75, 3.05) is 12.9 Å². The lowest BCUT2D eigenvalue weighted by molar-refractivity contribution is -0.384. The predicted molar refractivity (Wildman–Crippen MR) is 63.8 cm³/mol. The first-order valence-corrected chi connectivity index (χ1v) is 6.95. The minimum Gasteiger partial charge on any atom is -0.395 e. The number of rotatable bonds is 5. The molecule has 1 aromatic carbocycles. The predicted octanol–water partition coefficient (Wildman–Crippen LogP) is 0.0337. The minimum absolute atomic E-state index is 0.161. The molecule has 0 aliphatic heterocycles. The maximum atomic E-state index is 11.3. The van der Waals surface area contributed by atoms with Crippen molar-refractivity contribution < 1.29 is 23.6 Å². The van der Waals surface area contributed by atoms with Crippen molar-refractivity contribution in [1.29, 1.82) is 0 Å². The molecule has 0 heterocycles. The quantitative estimate of drug-likeness (QED) is 0.578. The number of sulfone groups is 1. The van der Waals surface area contributed by atoms with Gasteiger partial charge in [0.25, 0.3) is 5.69 Å². The third-order valence-electron chi connectivity index (χ3n) is 2.53. The number of nitro benzene ring substituents is 1. The van der Waals surface area contributed by atoms with Crippen LogP contribution in [0.5, 0.6) is 0 Å². The Morgan fingerprint density at radius 3 is 2.17 bits per heavy atom. The highest BCUT2D eigenvalue weighted by Gasteiger charge is 2.29. The Morgan fingerprint density at radius 2 is 1.83 bits per heavy atom. The number of benzene rings is 1. The van der Waals surface area contributed by atoms with Crippen LogP contribution in [0.1, 0.15) is 11.7 Å². The first-order chi connectivity index (χ1) is 8.27. The van der Waals surface area contributed by atoms with E-state index in [1.54, 1.807) is 0 Å². The van der Waals surface area contributed by atoms with Crippen LogP contribution < -0.4 is 0 Å². The molecule has 0 fully saturated rings. The van der Waals surface area contributed by atoms with Crippen molar-refractivity contribution in [1.82, 2.24) is 0 Å². The van der Waals surface area contributed by atoms with E-state index < -0.39 is 32.7 Å². The van der Waals surface area contributed by atoms with Crippen LogP contribution in [0.25, 0.3) is 0 Å². The lowest BCUT2D eigenvalue weighted by atomic mass is 10.1. The number of nitro groups is 1. The first-order valence-electron chi connectivity index (χ1n) is 4.99. The van der Waals surface area contributed by atoms with Gasteiger partial charge >= 0.3 is 0 Å². The molecule has 0 aliphatic carbocycles. The Hall–Kier alpha value is -1.51. The zero-order valence-electron chi connectivity index (χ0n) is 9.55. The summed E-state index contributed by atoms with van der Waals surface area (Å²) in [5, 5.41) is 27.9. The highest BCUT2D eigenvalue weighted by atomic mass is 32.2. The van der Waals surface area contributed by atoms with Crippen molar-refractivity contribution in [2.24, 2.45) is 0 Å². The standard InChI is InChI=1S/C10H13NO6S/c1-18(16,17)9(6-12)10(13)7-2-4-8(5-3-7)11(14)15/h2-5,9-10,12-13H,6H2,1H3. The summed E-state index contributed by atoms with van der Waals surface area (Å²) in [5.41, 5.74) is 0.0379. The molecular formula is C10H13NO6S. The summed E-state index contributed by atoms with van der Waals surface area (Å²) in [5.74, 6) is 0. The average molecular weight is 275 g/mol. The summed E-state index contributed by atoms with van der Waals surface area (Å²) in [6.45, 7) is -0.725. The van der Waals surface area contributed by atoms with Gasteiger partial charge in [-0.15, -0.1) is 0 Å². The van der Waals surface area contributed by atoms with Crippen LogP contribution >= 0.6 is 0 Å². The molecule has 2 unspecified atom stereocenters. The Morgan fingerprint density at radius 1 is 1.33 bits per heavy atom. The molecule has 2 atom stereocenters. The largest absolute Gasteiger partial charge is 0.395 e. The van der Waals surface area contributed by atoms with Gasteiger partial charge in [0.1, 0.15) is 5.25 Å². The Balaban J connectivity index is 3.03. The fourth-order valence-corrected chi connectivity index (χ4v) is 2.37. The number of hydrogen-bond acceptors (Lipinski definition) is 6. The molecule has 7 nitrogen and oxygen atoms in total. The lowest BCUT2D eigenvalue weighted by Crippen LogP contribution is -2.31. The van der Waals surface area contributed by atoms with E-state index in [1.165, 1.54) is 12.1 Å². The van der Waals surface area contributed by atoms with Crippen molar-refractivity contribution in [2.45, 2.75) is 11.4 Å². The zero-order chi connectivity index (χ0) is 13.9. The van der Waals surface area contributed by atoms with Crippen molar-refractivity contribution in [3.8, 4) is 0 Å². The molecule has 0 aliphatic rings. The highest BCUT2D eigenvalue weighted by molar-refractivity contribution is 7.91. The molecule has 8 heteroatoms. The lowest BCUT2D eigenvalue weighted by Gasteiger charge is -2.19. The van der Waals surface area contributed by atoms with Crippen molar-refractivity contribution in [3.05, 3.63) is 39.9 Å². The number of aliphatic hydroxyl groups excluding tert-OH is 2. The maximum Gasteiger partial charge on any atom is 0.269 e. The summed E-state index contributed by atoms with van der Waals surface area (Å²) in [6, 6.07) is 4.85. The summed E-state index contributed by atoms with van der Waals surface area (Å²) >= 11 is 0. The summed E-state index contributed by atoms with van der Waals surface area (Å²) < 4.78 is 22.6. The van der Waals surface area contributed by atoms with Gasteiger partial charge in [0.2, 0.25) is 0 Å². The van der Waals surface area contributed by atoms with Gasteiger partial charge in [-0.3, -0.25) is 10.1 Å². The van der Waals surface area contributed by atoms with Gasteiger partial charge in [-0.25, -0.2) is 8.42 Å². The molecular weight excluding hydrogens is 262 g/mol. The molecule has 0 spiro atoms. The Labute approximate surface area is 104 Å². The molecule has 0 bridgehead atoms. The van der Waals surface area contributed by atoms with Gasteiger partial charge in [0.05, 0.1) is 17.6 Å². The number of non-ortho nitro benzene ring substituents is 1. The van der Waals surface area contributed by atoms with E-state index >= 15 is 0 Å². The van der Waals surface area contributed by atoms with Crippen LogP contribution in [0.2, 0.25) is 0 Å². The molecule has 0 aromatic heterocycles. The fourth-order valence-electron chi connectivity index (χ4n) is 1.48. The van der Waals surface area contributed by atoms with Crippen LogP contribution in [-0.2, 0) is 9.84 Å². The van der Waals surface area contributed by atoms with Gasteiger partial charge in [0, 0.05) is 18.4 Å². The zero-order valence-corrected chi connectivity index (χ0v) is 10.4. The van der Waals surface area contributed by atoms with Crippen LogP contribution in [0.15, 0.2) is 24.3 Å². The molecule has 18 heavy (non-hydrogen) atoms. The van der Waals surface area contributed by atoms with Gasteiger partial charge in [-0.1, -0.05) is 0 Å². The molecule has 1 rings (SSSR count). The van der Waals surface area contributed by atoms with E-state index in [0.717, 1.165) is 18.4 Å². The van der Waals surface area contributed by atoms with Gasteiger partial charge < -0.3 is 10.2 Å². The highest BCUT2D eigenvalue weighted by Crippen LogP contribution is 2.23. The summed E-state index contributed by atoms with van der Waals surface area (Å²) in [6.07, 6.45) is -0.520. The first kappa shape index (κ1) is 14.6. The molecule has 0 amide bonds. The molecule has 0 radical (unpaired) electrons. The summed E-state index contributed by atoms with van der Waals surface area (Å²) in [4.78, 5) is 9.84. The SMILES string of the molecule is CS(=O)(=O)C(CO)C(O)c1ccc([N+](=O)[O-])cc1. The van der Waals surface area contributed by atoms with Gasteiger partial charge in [-0.2, -0.15) is 0 Å². The second kappa shape index (κ2) is 5.42. The fraction of sp³-hybridized carbons (Fsp3) is 0.400.